The number of halogens is 4. The molecule has 40 heavy (non-hydrogen) atoms. The quantitative estimate of drug-likeness (QED) is 0.201. The Morgan fingerprint density at radius 2 is 1.98 bits per heavy atom. The van der Waals surface area contributed by atoms with Gasteiger partial charge in [-0.3, -0.25) is 14.7 Å². The number of unbranched alkanes of at least 4 members (excludes halogenated alkanes) is 1. The van der Waals surface area contributed by atoms with Gasteiger partial charge in [0.2, 0.25) is 5.91 Å². The van der Waals surface area contributed by atoms with Crippen molar-refractivity contribution in [1.82, 2.24) is 5.32 Å². The molecule has 8 nitrogen and oxygen atoms in total. The number of ether oxygens (including phenoxy) is 1. The Bertz CT molecular complexity index is 1100. The van der Waals surface area contributed by atoms with E-state index in [9.17, 15) is 27.2 Å². The van der Waals surface area contributed by atoms with Crippen molar-refractivity contribution in [2.24, 2.45) is 26.8 Å². The van der Waals surface area contributed by atoms with Gasteiger partial charge in [0.1, 0.15) is 17.8 Å². The number of carbonyl (C=O) groups excluding carboxylic acids is 2. The standard InChI is InChI=1S/C27H35F4N5O3S/c1-3-4-14-33-24(32-2)19-11-9-18(10-12-19)20(28)16-34-25(38)35-26-36(23(37)17-40-26)21-7-5-6-8-22(21)39-15-13-27(29,30)31/h5-8,14,18-20H,3-4,9-13,15-17H2,1-2H3,(H,34,38)/b32-24?,33-14?,35-26-. The van der Waals surface area contributed by atoms with E-state index in [2.05, 4.69) is 27.2 Å². The Morgan fingerprint density at radius 3 is 2.65 bits per heavy atom. The number of hydrogen-bond acceptors (Lipinski definition) is 5. The highest BCUT2D eigenvalue weighted by atomic mass is 32.2. The van der Waals surface area contributed by atoms with Crippen LogP contribution in [0.5, 0.6) is 5.75 Å². The Morgan fingerprint density at radius 1 is 1.25 bits per heavy atom. The highest BCUT2D eigenvalue weighted by Crippen LogP contribution is 2.35. The number of nitrogens with one attached hydrogen (secondary N) is 1. The van der Waals surface area contributed by atoms with E-state index in [0.29, 0.717) is 12.8 Å². The van der Waals surface area contributed by atoms with Crippen LogP contribution in [0.4, 0.5) is 28.0 Å². The van der Waals surface area contributed by atoms with Gasteiger partial charge in [0, 0.05) is 19.2 Å². The second-order valence-corrected chi connectivity index (χ2v) is 10.5. The molecule has 1 aliphatic heterocycles. The second-order valence-electron chi connectivity index (χ2n) is 9.59. The van der Waals surface area contributed by atoms with Crippen molar-refractivity contribution >= 4 is 46.6 Å². The summed E-state index contributed by atoms with van der Waals surface area (Å²) in [6.07, 6.45) is -0.171. The molecule has 3 rings (SSSR count). The largest absolute Gasteiger partial charge is 0.491 e. The molecule has 0 bridgehead atoms. The van der Waals surface area contributed by atoms with Gasteiger partial charge >= 0.3 is 12.2 Å². The maximum absolute atomic E-state index is 15.0. The second kappa shape index (κ2) is 15.2. The van der Waals surface area contributed by atoms with E-state index >= 15 is 0 Å². The molecule has 3 amide bonds. The molecule has 1 aliphatic carbocycles. The molecule has 1 aromatic rings. The number of nitrogens with zero attached hydrogens (tertiary/aromatic N) is 4. The third-order valence-corrected chi connectivity index (χ3v) is 7.60. The SMILES string of the molecule is CCCC=NC(=NC)C1CCC(C(F)CNC(=O)/N=C2\SCC(=O)N2c2ccccc2OCCC(F)(F)F)CC1. The van der Waals surface area contributed by atoms with E-state index in [0.717, 1.165) is 48.2 Å². The fourth-order valence-electron chi connectivity index (χ4n) is 4.57. The average molecular weight is 586 g/mol. The van der Waals surface area contributed by atoms with Crippen molar-refractivity contribution in [2.45, 2.75) is 64.2 Å². The van der Waals surface area contributed by atoms with Gasteiger partial charge in [-0.15, -0.1) is 0 Å². The van der Waals surface area contributed by atoms with Gasteiger partial charge in [0.15, 0.2) is 5.17 Å². The molecular weight excluding hydrogens is 550 g/mol. The number of urea groups is 1. The molecule has 1 atom stereocenters. The van der Waals surface area contributed by atoms with Crippen molar-refractivity contribution in [3.63, 3.8) is 0 Å². The summed E-state index contributed by atoms with van der Waals surface area (Å²) in [6.45, 7) is 1.24. The van der Waals surface area contributed by atoms with Gasteiger partial charge in [-0.05, 0) is 50.2 Å². The van der Waals surface area contributed by atoms with Crippen LogP contribution in [0.15, 0.2) is 39.2 Å². The lowest BCUT2D eigenvalue weighted by atomic mass is 9.79. The number of carbonyl (C=O) groups is 2. The van der Waals surface area contributed by atoms with Crippen LogP contribution in [0, 0.1) is 11.8 Å². The van der Waals surface area contributed by atoms with E-state index < -0.39 is 37.3 Å². The number of para-hydroxylation sites is 2. The predicted octanol–water partition coefficient (Wildman–Crippen LogP) is 6.21. The Labute approximate surface area is 235 Å². The lowest BCUT2D eigenvalue weighted by molar-refractivity contribution is -0.139. The summed E-state index contributed by atoms with van der Waals surface area (Å²) in [7, 11) is 1.72. The highest BCUT2D eigenvalue weighted by molar-refractivity contribution is 8.15. The van der Waals surface area contributed by atoms with Gasteiger partial charge in [-0.2, -0.15) is 18.2 Å². The van der Waals surface area contributed by atoms with Gasteiger partial charge in [-0.25, -0.2) is 14.2 Å². The summed E-state index contributed by atoms with van der Waals surface area (Å²) in [5.74, 6) is 0.433. The molecule has 0 spiro atoms. The van der Waals surface area contributed by atoms with E-state index in [4.69, 9.17) is 4.74 Å². The van der Waals surface area contributed by atoms with Crippen molar-refractivity contribution in [1.29, 1.82) is 0 Å². The van der Waals surface area contributed by atoms with Crippen LogP contribution in [0.1, 0.15) is 51.9 Å². The fraction of sp³-hybridized carbons (Fsp3) is 0.593. The van der Waals surface area contributed by atoms with Crippen LogP contribution in [-0.2, 0) is 4.79 Å². The van der Waals surface area contributed by atoms with Crippen LogP contribution in [0.25, 0.3) is 0 Å². The number of hydrogen-bond donors (Lipinski definition) is 1. The lowest BCUT2D eigenvalue weighted by Crippen LogP contribution is -2.36. The smallest absolute Gasteiger partial charge is 0.392 e. The number of benzene rings is 1. The number of alkyl halides is 4. The van der Waals surface area contributed by atoms with E-state index in [1.54, 1.807) is 19.2 Å². The topological polar surface area (TPSA) is 95.7 Å². The molecular formula is C27H35F4N5O3S. The number of aliphatic imine (C=N–C) groups is 3. The summed E-state index contributed by atoms with van der Waals surface area (Å²) in [4.78, 5) is 39.0. The van der Waals surface area contributed by atoms with Gasteiger partial charge in [0.25, 0.3) is 0 Å². The van der Waals surface area contributed by atoms with E-state index in [-0.39, 0.29) is 40.7 Å². The zero-order valence-corrected chi connectivity index (χ0v) is 23.4. The van der Waals surface area contributed by atoms with Gasteiger partial charge < -0.3 is 10.1 Å². The van der Waals surface area contributed by atoms with Crippen molar-refractivity contribution < 1.29 is 31.9 Å². The number of rotatable bonds is 10. The van der Waals surface area contributed by atoms with Crippen LogP contribution in [0.3, 0.4) is 0 Å². The molecule has 0 aromatic heterocycles. The minimum atomic E-state index is -4.39. The van der Waals surface area contributed by atoms with Crippen LogP contribution in [-0.4, -0.2) is 67.5 Å². The Hall–Kier alpha value is -2.96. The molecule has 220 valence electrons. The van der Waals surface area contributed by atoms with E-state index in [1.807, 2.05) is 6.21 Å². The maximum Gasteiger partial charge on any atom is 0.392 e. The first kappa shape index (κ1) is 31.6. The van der Waals surface area contributed by atoms with Crippen molar-refractivity contribution in [2.75, 3.05) is 30.9 Å². The molecule has 1 heterocycles. The molecule has 13 heteroatoms. The summed E-state index contributed by atoms with van der Waals surface area (Å²) >= 11 is 1.01. The first-order valence-electron chi connectivity index (χ1n) is 13.4. The summed E-state index contributed by atoms with van der Waals surface area (Å²) < 4.78 is 57.9. The highest BCUT2D eigenvalue weighted by Gasteiger charge is 2.34. The normalized spacial score (nSPS) is 22.2. The zero-order chi connectivity index (χ0) is 29.1. The first-order valence-corrected chi connectivity index (χ1v) is 14.4. The molecule has 1 saturated carbocycles. The molecule has 1 saturated heterocycles. The Kier molecular flexibility index (Phi) is 12.0. The monoisotopic (exact) mass is 585 g/mol. The van der Waals surface area contributed by atoms with Crippen molar-refractivity contribution in [3.8, 4) is 5.75 Å². The zero-order valence-electron chi connectivity index (χ0n) is 22.6. The molecule has 2 aliphatic rings. The molecule has 1 aromatic carbocycles. The Balaban J connectivity index is 1.55. The number of amides is 3. The predicted molar refractivity (Wildman–Crippen MR) is 150 cm³/mol. The fourth-order valence-corrected chi connectivity index (χ4v) is 5.43. The van der Waals surface area contributed by atoms with Gasteiger partial charge in [0.05, 0.1) is 31.0 Å². The van der Waals surface area contributed by atoms with Crippen LogP contribution in [0.2, 0.25) is 0 Å². The summed E-state index contributed by atoms with van der Waals surface area (Å²) in [6, 6.07) is 5.29. The summed E-state index contributed by atoms with van der Waals surface area (Å²) in [5, 5.41) is 2.52. The number of anilines is 1. The maximum atomic E-state index is 15.0. The molecule has 1 N–H and O–H groups in total. The number of thioether (sulfide) groups is 1. The minimum Gasteiger partial charge on any atom is -0.491 e. The molecule has 2 fully saturated rings. The average Bonchev–Trinajstić information content (AvgIpc) is 3.28. The van der Waals surface area contributed by atoms with Crippen LogP contribution < -0.4 is 15.0 Å². The third kappa shape index (κ3) is 9.31. The third-order valence-electron chi connectivity index (χ3n) is 6.68. The molecule has 0 radical (unpaired) electrons. The summed E-state index contributed by atoms with van der Waals surface area (Å²) in [5.41, 5.74) is 0.181. The van der Waals surface area contributed by atoms with Crippen LogP contribution >= 0.6 is 11.8 Å². The lowest BCUT2D eigenvalue weighted by Gasteiger charge is -2.30. The first-order chi connectivity index (χ1) is 19.1. The van der Waals surface area contributed by atoms with Gasteiger partial charge in [-0.1, -0.05) is 37.2 Å². The van der Waals surface area contributed by atoms with E-state index in [1.165, 1.54) is 12.1 Å². The number of amidine groups is 2. The van der Waals surface area contributed by atoms with Crippen molar-refractivity contribution in [3.05, 3.63) is 24.3 Å². The minimum absolute atomic E-state index is 0.0104. The molecule has 1 unspecified atom stereocenters.